The van der Waals surface area contributed by atoms with E-state index < -0.39 is 0 Å². The number of carbonyl (C=O) groups is 2. The molecule has 1 N–H and O–H groups in total. The molecule has 0 bridgehead atoms. The van der Waals surface area contributed by atoms with Crippen molar-refractivity contribution in [1.82, 2.24) is 4.90 Å². The first-order valence-corrected chi connectivity index (χ1v) is 9.28. The SMILES string of the molecule is CC(=O)Nc1ccc(CC(=O)N2CCC(Cc3ccccc3)CC2)cc1. The van der Waals surface area contributed by atoms with Crippen molar-refractivity contribution >= 4 is 17.5 Å². The van der Waals surface area contributed by atoms with Crippen LogP contribution in [0.4, 0.5) is 5.69 Å². The molecule has 4 nitrogen and oxygen atoms in total. The van der Waals surface area contributed by atoms with Crippen LogP contribution in [0.15, 0.2) is 54.6 Å². The minimum atomic E-state index is -0.0906. The first-order valence-electron chi connectivity index (χ1n) is 9.28. The van der Waals surface area contributed by atoms with Gasteiger partial charge in [0.2, 0.25) is 11.8 Å². The fourth-order valence-electron chi connectivity index (χ4n) is 3.53. The van der Waals surface area contributed by atoms with Crippen LogP contribution in [0.1, 0.15) is 30.9 Å². The van der Waals surface area contributed by atoms with Crippen LogP contribution < -0.4 is 5.32 Å². The third kappa shape index (κ3) is 5.19. The molecule has 3 rings (SSSR count). The number of hydrogen-bond acceptors (Lipinski definition) is 2. The van der Waals surface area contributed by atoms with Crippen molar-refractivity contribution in [3.05, 3.63) is 65.7 Å². The Hall–Kier alpha value is -2.62. The molecule has 1 aliphatic rings. The second kappa shape index (κ2) is 8.65. The molecule has 2 amide bonds. The second-order valence-corrected chi connectivity index (χ2v) is 7.07. The molecule has 2 aromatic carbocycles. The lowest BCUT2D eigenvalue weighted by molar-refractivity contribution is -0.131. The molecular formula is C22H26N2O2. The molecule has 26 heavy (non-hydrogen) atoms. The van der Waals surface area contributed by atoms with Crippen LogP contribution in [-0.4, -0.2) is 29.8 Å². The van der Waals surface area contributed by atoms with Gasteiger partial charge in [-0.15, -0.1) is 0 Å². The highest BCUT2D eigenvalue weighted by Crippen LogP contribution is 2.22. The van der Waals surface area contributed by atoms with Crippen LogP contribution in [0.5, 0.6) is 0 Å². The van der Waals surface area contributed by atoms with Gasteiger partial charge in [-0.25, -0.2) is 0 Å². The van der Waals surface area contributed by atoms with Gasteiger partial charge < -0.3 is 10.2 Å². The summed E-state index contributed by atoms with van der Waals surface area (Å²) in [6.07, 6.45) is 3.67. The molecule has 136 valence electrons. The van der Waals surface area contributed by atoms with Crippen molar-refractivity contribution in [1.29, 1.82) is 0 Å². The zero-order valence-electron chi connectivity index (χ0n) is 15.3. The maximum Gasteiger partial charge on any atom is 0.226 e. The highest BCUT2D eigenvalue weighted by Gasteiger charge is 2.22. The maximum absolute atomic E-state index is 12.6. The molecule has 0 atom stereocenters. The lowest BCUT2D eigenvalue weighted by Gasteiger charge is -2.32. The van der Waals surface area contributed by atoms with Crippen LogP contribution in [0.3, 0.4) is 0 Å². The van der Waals surface area contributed by atoms with Gasteiger partial charge in [-0.3, -0.25) is 9.59 Å². The Morgan fingerprint density at radius 3 is 2.23 bits per heavy atom. The second-order valence-electron chi connectivity index (χ2n) is 7.07. The summed E-state index contributed by atoms with van der Waals surface area (Å²) >= 11 is 0. The van der Waals surface area contributed by atoms with E-state index >= 15 is 0 Å². The minimum Gasteiger partial charge on any atom is -0.342 e. The summed E-state index contributed by atoms with van der Waals surface area (Å²) in [7, 11) is 0. The molecule has 1 aliphatic heterocycles. The lowest BCUT2D eigenvalue weighted by Crippen LogP contribution is -2.39. The van der Waals surface area contributed by atoms with E-state index in [1.807, 2.05) is 35.2 Å². The topological polar surface area (TPSA) is 49.4 Å². The van der Waals surface area contributed by atoms with Gasteiger partial charge in [0.15, 0.2) is 0 Å². The van der Waals surface area contributed by atoms with Crippen LogP contribution in [0.2, 0.25) is 0 Å². The molecule has 2 aromatic rings. The Balaban J connectivity index is 1.47. The van der Waals surface area contributed by atoms with E-state index in [-0.39, 0.29) is 11.8 Å². The summed E-state index contributed by atoms with van der Waals surface area (Å²) in [6, 6.07) is 18.1. The van der Waals surface area contributed by atoms with E-state index in [0.29, 0.717) is 12.3 Å². The van der Waals surface area contributed by atoms with Crippen molar-refractivity contribution in [2.45, 2.75) is 32.6 Å². The molecule has 4 heteroatoms. The van der Waals surface area contributed by atoms with E-state index in [1.54, 1.807) is 0 Å². The van der Waals surface area contributed by atoms with E-state index in [0.717, 1.165) is 43.6 Å². The van der Waals surface area contributed by atoms with Gasteiger partial charge in [0, 0.05) is 25.7 Å². The molecular weight excluding hydrogens is 324 g/mol. The summed E-state index contributed by atoms with van der Waals surface area (Å²) in [5.74, 6) is 0.765. The Kier molecular flexibility index (Phi) is 6.05. The highest BCUT2D eigenvalue weighted by molar-refractivity contribution is 5.88. The predicted octanol–water partition coefficient (Wildman–Crippen LogP) is 3.67. The Morgan fingerprint density at radius 1 is 0.962 bits per heavy atom. The minimum absolute atomic E-state index is 0.0906. The molecule has 0 aliphatic carbocycles. The van der Waals surface area contributed by atoms with Crippen LogP contribution in [0.25, 0.3) is 0 Å². The lowest BCUT2D eigenvalue weighted by atomic mass is 9.90. The average Bonchev–Trinajstić information content (AvgIpc) is 2.64. The Labute approximate surface area is 155 Å². The van der Waals surface area contributed by atoms with Crippen molar-refractivity contribution in [3.63, 3.8) is 0 Å². The van der Waals surface area contributed by atoms with E-state index in [1.165, 1.54) is 12.5 Å². The quantitative estimate of drug-likeness (QED) is 0.894. The summed E-state index contributed by atoms with van der Waals surface area (Å²) in [5.41, 5.74) is 3.13. The van der Waals surface area contributed by atoms with E-state index in [2.05, 4.69) is 29.6 Å². The van der Waals surface area contributed by atoms with Gasteiger partial charge in [-0.1, -0.05) is 42.5 Å². The van der Waals surface area contributed by atoms with Gasteiger partial charge in [-0.05, 0) is 48.4 Å². The van der Waals surface area contributed by atoms with E-state index in [4.69, 9.17) is 0 Å². The molecule has 1 heterocycles. The Morgan fingerprint density at radius 2 is 1.62 bits per heavy atom. The summed E-state index contributed by atoms with van der Waals surface area (Å²) in [4.78, 5) is 25.6. The van der Waals surface area contributed by atoms with Crippen molar-refractivity contribution < 1.29 is 9.59 Å². The largest absolute Gasteiger partial charge is 0.342 e. The number of nitrogens with zero attached hydrogens (tertiary/aromatic N) is 1. The van der Waals surface area contributed by atoms with Gasteiger partial charge in [0.1, 0.15) is 0 Å². The molecule has 0 aromatic heterocycles. The zero-order chi connectivity index (χ0) is 18.4. The summed E-state index contributed by atoms with van der Waals surface area (Å²) < 4.78 is 0. The number of hydrogen-bond donors (Lipinski definition) is 1. The summed E-state index contributed by atoms with van der Waals surface area (Å²) in [6.45, 7) is 3.18. The Bertz CT molecular complexity index is 732. The van der Waals surface area contributed by atoms with E-state index in [9.17, 15) is 9.59 Å². The van der Waals surface area contributed by atoms with Crippen molar-refractivity contribution in [2.75, 3.05) is 18.4 Å². The van der Waals surface area contributed by atoms with Crippen molar-refractivity contribution in [3.8, 4) is 0 Å². The fourth-order valence-corrected chi connectivity index (χ4v) is 3.53. The number of carbonyl (C=O) groups excluding carboxylic acids is 2. The fraction of sp³-hybridized carbons (Fsp3) is 0.364. The monoisotopic (exact) mass is 350 g/mol. The number of benzene rings is 2. The number of rotatable bonds is 5. The van der Waals surface area contributed by atoms with Crippen LogP contribution >= 0.6 is 0 Å². The van der Waals surface area contributed by atoms with Gasteiger partial charge in [-0.2, -0.15) is 0 Å². The molecule has 1 saturated heterocycles. The molecule has 1 fully saturated rings. The average molecular weight is 350 g/mol. The maximum atomic E-state index is 12.6. The van der Waals surface area contributed by atoms with Crippen LogP contribution in [-0.2, 0) is 22.4 Å². The number of likely N-dealkylation sites (tertiary alicyclic amines) is 1. The molecule has 0 unspecified atom stereocenters. The van der Waals surface area contributed by atoms with Gasteiger partial charge >= 0.3 is 0 Å². The standard InChI is InChI=1S/C22H26N2O2/c1-17(25)23-21-9-7-19(8-10-21)16-22(26)24-13-11-20(12-14-24)15-18-5-3-2-4-6-18/h2-10,20H,11-16H2,1H3,(H,23,25). The van der Waals surface area contributed by atoms with Crippen molar-refractivity contribution in [2.24, 2.45) is 5.92 Å². The number of piperidine rings is 1. The third-order valence-electron chi connectivity index (χ3n) is 4.96. The van der Waals surface area contributed by atoms with Crippen LogP contribution in [0, 0.1) is 5.92 Å². The molecule has 0 saturated carbocycles. The molecule has 0 radical (unpaired) electrons. The third-order valence-corrected chi connectivity index (χ3v) is 4.96. The summed E-state index contributed by atoms with van der Waals surface area (Å²) in [5, 5.41) is 2.74. The smallest absolute Gasteiger partial charge is 0.226 e. The predicted molar refractivity (Wildman–Crippen MR) is 104 cm³/mol. The zero-order valence-corrected chi connectivity index (χ0v) is 15.3. The van der Waals surface area contributed by atoms with Gasteiger partial charge in [0.25, 0.3) is 0 Å². The van der Waals surface area contributed by atoms with Gasteiger partial charge in [0.05, 0.1) is 6.42 Å². The number of amides is 2. The molecule has 0 spiro atoms. The normalized spacial score (nSPS) is 14.9. The highest BCUT2D eigenvalue weighted by atomic mass is 16.2. The first-order chi connectivity index (χ1) is 12.6. The number of anilines is 1. The number of nitrogens with one attached hydrogen (secondary N) is 1. The first kappa shape index (κ1) is 18.2.